The van der Waals surface area contributed by atoms with E-state index in [4.69, 9.17) is 15.6 Å². The summed E-state index contributed by atoms with van der Waals surface area (Å²) in [6.45, 7) is 3.65. The number of hydrogen-bond donors (Lipinski definition) is 1. The second kappa shape index (κ2) is 8.86. The number of aromatic nitrogens is 4. The molecule has 2 heterocycles. The molecular weight excluding hydrogens is 414 g/mol. The van der Waals surface area contributed by atoms with E-state index in [0.29, 0.717) is 11.5 Å². The molecule has 1 fully saturated rings. The number of carbonyl (C=O) groups is 1. The van der Waals surface area contributed by atoms with Gasteiger partial charge in [0.25, 0.3) is 0 Å². The average molecular weight is 440 g/mol. The van der Waals surface area contributed by atoms with Crippen LogP contribution in [-0.2, 0) is 4.79 Å². The number of rotatable bonds is 6. The lowest BCUT2D eigenvalue weighted by Crippen LogP contribution is -2.24. The van der Waals surface area contributed by atoms with Crippen LogP contribution in [0.2, 0.25) is 0 Å². The monoisotopic (exact) mass is 439 g/mol. The van der Waals surface area contributed by atoms with Crippen LogP contribution < -0.4 is 10.5 Å². The molecule has 4 aromatic rings. The van der Waals surface area contributed by atoms with E-state index in [1.54, 1.807) is 0 Å². The predicted octanol–water partition coefficient (Wildman–Crippen LogP) is 5.35. The fourth-order valence-electron chi connectivity index (χ4n) is 4.57. The SMILES string of the molecule is C=CC(=O)C1CCCC(n2nc(-c3ccc(Oc4ccccc4)cc3)c3c(N)ncnc32)C1. The molecule has 33 heavy (non-hydrogen) atoms. The van der Waals surface area contributed by atoms with Crippen molar-refractivity contribution in [2.24, 2.45) is 5.92 Å². The zero-order chi connectivity index (χ0) is 22.8. The van der Waals surface area contributed by atoms with Crippen LogP contribution in [0.15, 0.2) is 73.6 Å². The van der Waals surface area contributed by atoms with Gasteiger partial charge in [0, 0.05) is 11.5 Å². The van der Waals surface area contributed by atoms with E-state index in [9.17, 15) is 4.79 Å². The van der Waals surface area contributed by atoms with Crippen LogP contribution in [0.4, 0.5) is 5.82 Å². The quantitative estimate of drug-likeness (QED) is 0.407. The first-order chi connectivity index (χ1) is 16.1. The van der Waals surface area contributed by atoms with Gasteiger partial charge in [-0.05, 0) is 61.7 Å². The number of nitrogen functional groups attached to an aromatic ring is 1. The van der Waals surface area contributed by atoms with Crippen LogP contribution in [0.3, 0.4) is 0 Å². The van der Waals surface area contributed by atoms with E-state index in [-0.39, 0.29) is 17.7 Å². The highest BCUT2D eigenvalue weighted by atomic mass is 16.5. The molecule has 1 aliphatic carbocycles. The number of hydrogen-bond acceptors (Lipinski definition) is 6. The highest BCUT2D eigenvalue weighted by Crippen LogP contribution is 2.38. The second-order valence-corrected chi connectivity index (χ2v) is 8.31. The van der Waals surface area contributed by atoms with Crippen molar-refractivity contribution < 1.29 is 9.53 Å². The molecule has 2 N–H and O–H groups in total. The van der Waals surface area contributed by atoms with Crippen molar-refractivity contribution in [2.45, 2.75) is 31.7 Å². The Morgan fingerprint density at radius 1 is 1.06 bits per heavy atom. The fraction of sp³-hybridized carbons (Fsp3) is 0.231. The topological polar surface area (TPSA) is 95.9 Å². The number of para-hydroxylation sites is 1. The summed E-state index contributed by atoms with van der Waals surface area (Å²) in [6.07, 6.45) is 6.38. The first-order valence-corrected chi connectivity index (χ1v) is 11.1. The molecule has 166 valence electrons. The Labute approximate surface area is 191 Å². The van der Waals surface area contributed by atoms with E-state index in [1.807, 2.05) is 59.3 Å². The average Bonchev–Trinajstić information content (AvgIpc) is 3.26. The summed E-state index contributed by atoms with van der Waals surface area (Å²) in [6, 6.07) is 17.5. The molecule has 2 aromatic carbocycles. The molecule has 1 saturated carbocycles. The van der Waals surface area contributed by atoms with Crippen LogP contribution in [0, 0.1) is 5.92 Å². The van der Waals surface area contributed by atoms with Gasteiger partial charge in [-0.1, -0.05) is 31.2 Å². The molecule has 0 amide bonds. The third-order valence-electron chi connectivity index (χ3n) is 6.22. The minimum absolute atomic E-state index is 0.0300. The van der Waals surface area contributed by atoms with E-state index in [2.05, 4.69) is 16.5 Å². The Morgan fingerprint density at radius 3 is 2.58 bits per heavy atom. The number of ketones is 1. The summed E-state index contributed by atoms with van der Waals surface area (Å²) in [5.74, 6) is 1.96. The lowest BCUT2D eigenvalue weighted by atomic mass is 9.83. The molecule has 2 aromatic heterocycles. The van der Waals surface area contributed by atoms with Crippen molar-refractivity contribution in [1.82, 2.24) is 19.7 Å². The first-order valence-electron chi connectivity index (χ1n) is 11.1. The van der Waals surface area contributed by atoms with Gasteiger partial charge >= 0.3 is 0 Å². The largest absolute Gasteiger partial charge is 0.457 e. The molecule has 0 aliphatic heterocycles. The number of anilines is 1. The Bertz CT molecular complexity index is 1300. The lowest BCUT2D eigenvalue weighted by Gasteiger charge is -2.28. The van der Waals surface area contributed by atoms with Gasteiger partial charge < -0.3 is 10.5 Å². The van der Waals surface area contributed by atoms with E-state index in [0.717, 1.165) is 53.8 Å². The maximum Gasteiger partial charge on any atom is 0.164 e. The zero-order valence-electron chi connectivity index (χ0n) is 18.2. The Morgan fingerprint density at radius 2 is 1.82 bits per heavy atom. The second-order valence-electron chi connectivity index (χ2n) is 8.31. The molecule has 7 heteroatoms. The van der Waals surface area contributed by atoms with Gasteiger partial charge in [-0.25, -0.2) is 14.6 Å². The molecule has 0 saturated heterocycles. The van der Waals surface area contributed by atoms with Crippen LogP contribution in [-0.4, -0.2) is 25.5 Å². The molecule has 0 bridgehead atoms. The van der Waals surface area contributed by atoms with Crippen LogP contribution in [0.25, 0.3) is 22.3 Å². The number of benzene rings is 2. The maximum atomic E-state index is 12.2. The van der Waals surface area contributed by atoms with Gasteiger partial charge in [-0.15, -0.1) is 0 Å². The molecule has 2 atom stereocenters. The maximum absolute atomic E-state index is 12.2. The molecular formula is C26H25N5O2. The number of nitrogens with two attached hydrogens (primary N) is 1. The van der Waals surface area contributed by atoms with Crippen molar-refractivity contribution in [2.75, 3.05) is 5.73 Å². The minimum atomic E-state index is -0.0300. The number of carbonyl (C=O) groups excluding carboxylic acids is 1. The summed E-state index contributed by atoms with van der Waals surface area (Å²) in [5, 5.41) is 5.66. The van der Waals surface area contributed by atoms with Crippen molar-refractivity contribution in [3.63, 3.8) is 0 Å². The highest BCUT2D eigenvalue weighted by molar-refractivity contribution is 5.98. The van der Waals surface area contributed by atoms with Crippen LogP contribution >= 0.6 is 0 Å². The minimum Gasteiger partial charge on any atom is -0.457 e. The van der Waals surface area contributed by atoms with Gasteiger partial charge in [0.05, 0.1) is 11.4 Å². The molecule has 0 spiro atoms. The summed E-state index contributed by atoms with van der Waals surface area (Å²) in [4.78, 5) is 21.0. The summed E-state index contributed by atoms with van der Waals surface area (Å²) in [5.41, 5.74) is 8.59. The fourth-order valence-corrected chi connectivity index (χ4v) is 4.57. The number of allylic oxidation sites excluding steroid dienone is 1. The smallest absolute Gasteiger partial charge is 0.164 e. The molecule has 2 unspecified atom stereocenters. The summed E-state index contributed by atoms with van der Waals surface area (Å²) < 4.78 is 7.84. The Hall–Kier alpha value is -4.00. The van der Waals surface area contributed by atoms with Crippen molar-refractivity contribution >= 4 is 22.6 Å². The predicted molar refractivity (Wildman–Crippen MR) is 128 cm³/mol. The van der Waals surface area contributed by atoms with Gasteiger partial charge in [0.15, 0.2) is 11.4 Å². The van der Waals surface area contributed by atoms with E-state index < -0.39 is 0 Å². The summed E-state index contributed by atoms with van der Waals surface area (Å²) in [7, 11) is 0. The highest BCUT2D eigenvalue weighted by Gasteiger charge is 2.30. The summed E-state index contributed by atoms with van der Waals surface area (Å²) >= 11 is 0. The van der Waals surface area contributed by atoms with Gasteiger partial charge in [0.2, 0.25) is 0 Å². The first kappa shape index (κ1) is 20.9. The van der Waals surface area contributed by atoms with Crippen LogP contribution in [0.5, 0.6) is 11.5 Å². The molecule has 0 radical (unpaired) electrons. The van der Waals surface area contributed by atoms with Gasteiger partial charge in [0.1, 0.15) is 29.3 Å². The molecule has 5 rings (SSSR count). The number of nitrogens with zero attached hydrogens (tertiary/aromatic N) is 4. The van der Waals surface area contributed by atoms with Crippen molar-refractivity contribution in [3.8, 4) is 22.8 Å². The Kier molecular flexibility index (Phi) is 5.60. The normalized spacial score (nSPS) is 18.2. The van der Waals surface area contributed by atoms with Gasteiger partial charge in [-0.3, -0.25) is 4.79 Å². The molecule has 1 aliphatic rings. The number of fused-ring (bicyclic) bond motifs is 1. The van der Waals surface area contributed by atoms with E-state index in [1.165, 1.54) is 12.4 Å². The lowest BCUT2D eigenvalue weighted by molar-refractivity contribution is -0.119. The third kappa shape index (κ3) is 4.09. The number of ether oxygens (including phenoxy) is 1. The van der Waals surface area contributed by atoms with Crippen molar-refractivity contribution in [3.05, 3.63) is 73.6 Å². The Balaban J connectivity index is 1.50. The third-order valence-corrected chi connectivity index (χ3v) is 6.22. The van der Waals surface area contributed by atoms with Crippen LogP contribution in [0.1, 0.15) is 31.7 Å². The van der Waals surface area contributed by atoms with Crippen molar-refractivity contribution in [1.29, 1.82) is 0 Å². The van der Waals surface area contributed by atoms with Gasteiger partial charge in [-0.2, -0.15) is 5.10 Å². The zero-order valence-corrected chi connectivity index (χ0v) is 18.2. The standard InChI is InChI=1S/C26H25N5O2/c1-2-22(32)18-7-6-8-19(15-18)31-26-23(25(27)28-16-29-26)24(30-31)17-11-13-21(14-12-17)33-20-9-4-3-5-10-20/h2-5,9-14,16,18-19H,1,6-8,15H2,(H2,27,28,29). The van der Waals surface area contributed by atoms with E-state index >= 15 is 0 Å². The molecule has 7 nitrogen and oxygen atoms in total.